The Bertz CT molecular complexity index is 1120. The Labute approximate surface area is 186 Å². The number of fused-ring (bicyclic) bond motifs is 1. The van der Waals surface area contributed by atoms with Crippen LogP contribution in [-0.2, 0) is 27.8 Å². The lowest BCUT2D eigenvalue weighted by Gasteiger charge is -2.18. The summed E-state index contributed by atoms with van der Waals surface area (Å²) in [5.41, 5.74) is 2.72. The van der Waals surface area contributed by atoms with E-state index in [1.54, 1.807) is 13.0 Å². The normalized spacial score (nSPS) is 11.8. The van der Waals surface area contributed by atoms with E-state index >= 15 is 0 Å². The molecule has 8 heteroatoms. The minimum atomic E-state index is -0.695. The number of nitrogens with zero attached hydrogens (tertiary/aromatic N) is 2. The topological polar surface area (TPSA) is 103 Å². The third kappa shape index (κ3) is 5.72. The van der Waals surface area contributed by atoms with Gasteiger partial charge in [-0.1, -0.05) is 30.3 Å². The molecule has 3 aromatic rings. The van der Waals surface area contributed by atoms with Crippen LogP contribution in [0.4, 0.5) is 5.69 Å². The number of hydrogen-bond donors (Lipinski definition) is 1. The lowest BCUT2D eigenvalue weighted by atomic mass is 10.0. The van der Waals surface area contributed by atoms with E-state index in [0.717, 1.165) is 11.9 Å². The van der Waals surface area contributed by atoms with E-state index in [4.69, 9.17) is 4.74 Å². The number of carbonyl (C=O) groups excluding carboxylic acids is 2. The number of para-hydroxylation sites is 1. The number of nitrogens with one attached hydrogen (secondary N) is 1. The minimum absolute atomic E-state index is 0.0932. The van der Waals surface area contributed by atoms with E-state index in [-0.39, 0.29) is 31.0 Å². The third-order valence-corrected chi connectivity index (χ3v) is 5.32. The monoisotopic (exact) mass is 437 g/mol. The maximum atomic E-state index is 12.6. The van der Waals surface area contributed by atoms with Crippen molar-refractivity contribution in [3.05, 3.63) is 76.0 Å². The molecule has 1 aromatic heterocycles. The van der Waals surface area contributed by atoms with Crippen molar-refractivity contribution in [1.29, 1.82) is 0 Å². The number of carbonyl (C=O) groups is 2. The zero-order valence-corrected chi connectivity index (χ0v) is 18.2. The standard InChI is InChI=1S/C24H27N3O5/c1-3-32-24(29)15-21(17-8-6-10-19(14-17)27(30)31)25-23(28)13-7-9-18-16-26(2)22-12-5-4-11-20(18)22/h4-6,8,10-12,14,16,21H,3,7,9,13,15H2,1-2H3,(H,25,28)/t21-/m0/s1. The van der Waals surface area contributed by atoms with Gasteiger partial charge in [0.1, 0.15) is 0 Å². The van der Waals surface area contributed by atoms with Crippen LogP contribution < -0.4 is 5.32 Å². The molecule has 3 rings (SSSR count). The number of rotatable bonds is 10. The molecule has 2 aromatic carbocycles. The van der Waals surface area contributed by atoms with Gasteiger partial charge in [0, 0.05) is 42.7 Å². The molecule has 32 heavy (non-hydrogen) atoms. The quantitative estimate of drug-likeness (QED) is 0.291. The zero-order valence-electron chi connectivity index (χ0n) is 18.2. The average molecular weight is 437 g/mol. The molecule has 0 unspecified atom stereocenters. The highest BCUT2D eigenvalue weighted by atomic mass is 16.6. The third-order valence-electron chi connectivity index (χ3n) is 5.32. The average Bonchev–Trinajstić information content (AvgIpc) is 3.09. The van der Waals surface area contributed by atoms with Crippen LogP contribution in [0.3, 0.4) is 0 Å². The van der Waals surface area contributed by atoms with Gasteiger partial charge in [0.15, 0.2) is 0 Å². The predicted octanol–water partition coefficient (Wildman–Crippen LogP) is 4.22. The van der Waals surface area contributed by atoms with Gasteiger partial charge in [-0.25, -0.2) is 0 Å². The van der Waals surface area contributed by atoms with Gasteiger partial charge in [-0.2, -0.15) is 0 Å². The second-order valence-electron chi connectivity index (χ2n) is 7.62. The summed E-state index contributed by atoms with van der Waals surface area (Å²) in [6.07, 6.45) is 3.64. The summed E-state index contributed by atoms with van der Waals surface area (Å²) >= 11 is 0. The summed E-state index contributed by atoms with van der Waals surface area (Å²) in [6.45, 7) is 1.92. The Hall–Kier alpha value is -3.68. The number of non-ortho nitro benzene ring substituents is 1. The molecule has 0 aliphatic heterocycles. The Morgan fingerprint density at radius 1 is 1.19 bits per heavy atom. The molecule has 168 valence electrons. The van der Waals surface area contributed by atoms with Crippen molar-refractivity contribution in [2.24, 2.45) is 7.05 Å². The number of aromatic nitrogens is 1. The van der Waals surface area contributed by atoms with Crippen LogP contribution in [0, 0.1) is 10.1 Å². The second-order valence-corrected chi connectivity index (χ2v) is 7.62. The lowest BCUT2D eigenvalue weighted by Crippen LogP contribution is -2.30. The van der Waals surface area contributed by atoms with Crippen LogP contribution in [-0.4, -0.2) is 28.0 Å². The van der Waals surface area contributed by atoms with Gasteiger partial charge in [-0.15, -0.1) is 0 Å². The van der Waals surface area contributed by atoms with Gasteiger partial charge in [-0.3, -0.25) is 19.7 Å². The number of esters is 1. The number of nitro groups is 1. The highest BCUT2D eigenvalue weighted by molar-refractivity contribution is 5.84. The van der Waals surface area contributed by atoms with E-state index < -0.39 is 16.9 Å². The highest BCUT2D eigenvalue weighted by Gasteiger charge is 2.21. The molecule has 0 fully saturated rings. The summed E-state index contributed by atoms with van der Waals surface area (Å²) in [7, 11) is 2.00. The summed E-state index contributed by atoms with van der Waals surface area (Å²) in [5, 5.41) is 15.1. The molecule has 0 saturated carbocycles. The number of amides is 1. The van der Waals surface area contributed by atoms with E-state index in [1.807, 2.05) is 19.2 Å². The molecule has 0 spiro atoms. The zero-order chi connectivity index (χ0) is 23.1. The van der Waals surface area contributed by atoms with Gasteiger partial charge in [0.05, 0.1) is 24.0 Å². The predicted molar refractivity (Wildman–Crippen MR) is 121 cm³/mol. The van der Waals surface area contributed by atoms with Gasteiger partial charge >= 0.3 is 5.97 Å². The Morgan fingerprint density at radius 2 is 1.97 bits per heavy atom. The number of aryl methyl sites for hydroxylation is 2. The fourth-order valence-corrected chi connectivity index (χ4v) is 3.82. The Balaban J connectivity index is 1.65. The summed E-state index contributed by atoms with van der Waals surface area (Å²) in [5.74, 6) is -0.689. The molecular formula is C24H27N3O5. The molecule has 1 heterocycles. The SMILES string of the molecule is CCOC(=O)C[C@H](NC(=O)CCCc1cn(C)c2ccccc12)c1cccc([N+](=O)[O-])c1. The number of nitro benzene ring substituents is 1. The van der Waals surface area contributed by atoms with Gasteiger partial charge in [-0.05, 0) is 37.0 Å². The van der Waals surface area contributed by atoms with Crippen molar-refractivity contribution >= 4 is 28.5 Å². The summed E-state index contributed by atoms with van der Waals surface area (Å²) < 4.78 is 7.08. The first-order valence-electron chi connectivity index (χ1n) is 10.6. The second kappa shape index (κ2) is 10.6. The van der Waals surface area contributed by atoms with Crippen LogP contribution in [0.25, 0.3) is 10.9 Å². The van der Waals surface area contributed by atoms with Gasteiger partial charge < -0.3 is 14.6 Å². The summed E-state index contributed by atoms with van der Waals surface area (Å²) in [4.78, 5) is 35.3. The van der Waals surface area contributed by atoms with Crippen LogP contribution in [0.2, 0.25) is 0 Å². The molecule has 8 nitrogen and oxygen atoms in total. The van der Waals surface area contributed by atoms with Gasteiger partial charge in [0.2, 0.25) is 5.91 Å². The molecule has 0 radical (unpaired) electrons. The molecular weight excluding hydrogens is 410 g/mol. The van der Waals surface area contributed by atoms with E-state index in [0.29, 0.717) is 12.0 Å². The molecule has 0 aliphatic carbocycles. The molecule has 0 saturated heterocycles. The van der Waals surface area contributed by atoms with Crippen molar-refractivity contribution in [2.45, 2.75) is 38.6 Å². The van der Waals surface area contributed by atoms with Crippen LogP contribution in [0.15, 0.2) is 54.7 Å². The first-order chi connectivity index (χ1) is 15.4. The smallest absolute Gasteiger partial charge is 0.308 e. The number of ether oxygens (including phenoxy) is 1. The van der Waals surface area contributed by atoms with Gasteiger partial charge in [0.25, 0.3) is 5.69 Å². The molecule has 1 amide bonds. The van der Waals surface area contributed by atoms with E-state index in [1.165, 1.54) is 29.1 Å². The highest BCUT2D eigenvalue weighted by Crippen LogP contribution is 2.24. The largest absolute Gasteiger partial charge is 0.466 e. The molecule has 0 aliphatic rings. The number of hydrogen-bond acceptors (Lipinski definition) is 5. The maximum absolute atomic E-state index is 12.6. The van der Waals surface area contributed by atoms with Crippen LogP contribution in [0.5, 0.6) is 0 Å². The molecule has 0 bridgehead atoms. The Kier molecular flexibility index (Phi) is 7.59. The fourth-order valence-electron chi connectivity index (χ4n) is 3.82. The van der Waals surface area contributed by atoms with E-state index in [2.05, 4.69) is 28.2 Å². The van der Waals surface area contributed by atoms with Crippen molar-refractivity contribution < 1.29 is 19.2 Å². The molecule has 1 atom stereocenters. The first-order valence-corrected chi connectivity index (χ1v) is 10.6. The lowest BCUT2D eigenvalue weighted by molar-refractivity contribution is -0.384. The maximum Gasteiger partial charge on any atom is 0.308 e. The van der Waals surface area contributed by atoms with Crippen molar-refractivity contribution in [3.63, 3.8) is 0 Å². The van der Waals surface area contributed by atoms with Crippen molar-refractivity contribution in [2.75, 3.05) is 6.61 Å². The first kappa shape index (κ1) is 23.0. The fraction of sp³-hybridized carbons (Fsp3) is 0.333. The van der Waals surface area contributed by atoms with Crippen LogP contribution >= 0.6 is 0 Å². The van der Waals surface area contributed by atoms with Crippen molar-refractivity contribution in [3.8, 4) is 0 Å². The summed E-state index contributed by atoms with van der Waals surface area (Å²) in [6, 6.07) is 13.4. The van der Waals surface area contributed by atoms with Crippen LogP contribution in [0.1, 0.15) is 43.4 Å². The minimum Gasteiger partial charge on any atom is -0.466 e. The van der Waals surface area contributed by atoms with Crippen molar-refractivity contribution in [1.82, 2.24) is 9.88 Å². The Morgan fingerprint density at radius 3 is 2.72 bits per heavy atom. The van der Waals surface area contributed by atoms with E-state index in [9.17, 15) is 19.7 Å². The number of benzene rings is 2. The molecule has 1 N–H and O–H groups in total.